The lowest BCUT2D eigenvalue weighted by molar-refractivity contribution is 0.672. The number of rotatable bonds is 5. The molecule has 1 aromatic heterocycles. The standard InChI is InChI=1S/C9H15N3O2S/c1-7(15(2)14)3-4-10-8-9(13)12-6-5-11-8/h5-7H,3-4H2,1-2H3,(H,10,11)(H,12,13). The van der Waals surface area contributed by atoms with Crippen LogP contribution in [0.15, 0.2) is 17.2 Å². The first kappa shape index (κ1) is 11.9. The molecule has 0 aliphatic carbocycles. The summed E-state index contributed by atoms with van der Waals surface area (Å²) >= 11 is 0. The van der Waals surface area contributed by atoms with Gasteiger partial charge in [0.25, 0.3) is 5.56 Å². The first-order valence-electron chi connectivity index (χ1n) is 4.71. The molecule has 2 atom stereocenters. The van der Waals surface area contributed by atoms with E-state index in [-0.39, 0.29) is 10.8 Å². The van der Waals surface area contributed by atoms with Gasteiger partial charge >= 0.3 is 0 Å². The third-order valence-electron chi connectivity index (χ3n) is 2.12. The van der Waals surface area contributed by atoms with Crippen molar-refractivity contribution in [2.45, 2.75) is 18.6 Å². The highest BCUT2D eigenvalue weighted by Gasteiger charge is 2.06. The Balaban J connectivity index is 2.42. The van der Waals surface area contributed by atoms with Crippen molar-refractivity contribution in [1.82, 2.24) is 9.97 Å². The Kier molecular flexibility index (Phi) is 4.48. The molecular weight excluding hydrogens is 214 g/mol. The smallest absolute Gasteiger partial charge is 0.290 e. The predicted octanol–water partition coefficient (Wildman–Crippen LogP) is 0.339. The summed E-state index contributed by atoms with van der Waals surface area (Å²) in [5.41, 5.74) is -0.234. The fourth-order valence-corrected chi connectivity index (χ4v) is 1.49. The van der Waals surface area contributed by atoms with Gasteiger partial charge in [-0.1, -0.05) is 6.92 Å². The van der Waals surface area contributed by atoms with Crippen molar-refractivity contribution in [2.24, 2.45) is 0 Å². The monoisotopic (exact) mass is 229 g/mol. The average Bonchev–Trinajstić information content (AvgIpc) is 2.20. The number of nitrogens with one attached hydrogen (secondary N) is 2. The molecule has 0 aromatic carbocycles. The Bertz CT molecular complexity index is 391. The van der Waals surface area contributed by atoms with E-state index in [2.05, 4.69) is 15.3 Å². The minimum Gasteiger partial charge on any atom is -0.365 e. The van der Waals surface area contributed by atoms with Crippen molar-refractivity contribution in [3.63, 3.8) is 0 Å². The van der Waals surface area contributed by atoms with Gasteiger partial charge in [-0.15, -0.1) is 0 Å². The molecule has 1 heterocycles. The number of aromatic nitrogens is 2. The second kappa shape index (κ2) is 5.65. The zero-order chi connectivity index (χ0) is 11.3. The van der Waals surface area contributed by atoms with E-state index in [4.69, 9.17) is 0 Å². The molecule has 0 spiro atoms. The molecule has 84 valence electrons. The summed E-state index contributed by atoms with van der Waals surface area (Å²) in [5, 5.41) is 3.03. The fourth-order valence-electron chi connectivity index (χ4n) is 1.04. The lowest BCUT2D eigenvalue weighted by atomic mass is 10.3. The molecule has 0 saturated carbocycles. The van der Waals surface area contributed by atoms with E-state index in [1.54, 1.807) is 6.26 Å². The fraction of sp³-hybridized carbons (Fsp3) is 0.556. The van der Waals surface area contributed by atoms with Gasteiger partial charge in [0.05, 0.1) is 0 Å². The number of aromatic amines is 1. The molecule has 2 N–H and O–H groups in total. The lowest BCUT2D eigenvalue weighted by Crippen LogP contribution is -2.19. The van der Waals surface area contributed by atoms with Crippen molar-refractivity contribution in [3.8, 4) is 0 Å². The molecule has 15 heavy (non-hydrogen) atoms. The van der Waals surface area contributed by atoms with E-state index in [0.717, 1.165) is 6.42 Å². The molecular formula is C9H15N3O2S. The zero-order valence-corrected chi connectivity index (χ0v) is 9.63. The van der Waals surface area contributed by atoms with Gasteiger partial charge in [0.2, 0.25) is 0 Å². The zero-order valence-electron chi connectivity index (χ0n) is 8.82. The largest absolute Gasteiger partial charge is 0.365 e. The van der Waals surface area contributed by atoms with Crippen molar-refractivity contribution in [1.29, 1.82) is 0 Å². The number of hydrogen-bond donors (Lipinski definition) is 2. The molecule has 1 aromatic rings. The maximum absolute atomic E-state index is 11.2. The molecule has 6 heteroatoms. The van der Waals surface area contributed by atoms with Crippen LogP contribution < -0.4 is 10.9 Å². The predicted molar refractivity (Wildman–Crippen MR) is 61.5 cm³/mol. The van der Waals surface area contributed by atoms with Crippen LogP contribution in [0.1, 0.15) is 13.3 Å². The number of anilines is 1. The van der Waals surface area contributed by atoms with E-state index in [1.165, 1.54) is 12.4 Å². The van der Waals surface area contributed by atoms with Gasteiger partial charge in [-0.25, -0.2) is 4.98 Å². The van der Waals surface area contributed by atoms with E-state index in [9.17, 15) is 9.00 Å². The minimum absolute atomic E-state index is 0.125. The van der Waals surface area contributed by atoms with Gasteiger partial charge in [-0.3, -0.25) is 9.00 Å². The van der Waals surface area contributed by atoms with Crippen LogP contribution in [-0.4, -0.2) is 32.2 Å². The summed E-state index contributed by atoms with van der Waals surface area (Å²) in [4.78, 5) is 17.6. The molecule has 0 saturated heterocycles. The van der Waals surface area contributed by atoms with Crippen molar-refractivity contribution in [2.75, 3.05) is 18.1 Å². The molecule has 0 aliphatic heterocycles. The maximum Gasteiger partial charge on any atom is 0.290 e. The van der Waals surface area contributed by atoms with Crippen LogP contribution in [0.3, 0.4) is 0 Å². The quantitative estimate of drug-likeness (QED) is 0.763. The third-order valence-corrected chi connectivity index (χ3v) is 3.49. The van der Waals surface area contributed by atoms with Gasteiger partial charge < -0.3 is 10.3 Å². The number of hydrogen-bond acceptors (Lipinski definition) is 4. The van der Waals surface area contributed by atoms with Gasteiger partial charge in [-0.05, 0) is 6.42 Å². The van der Waals surface area contributed by atoms with E-state index in [1.807, 2.05) is 6.92 Å². The molecule has 0 fully saturated rings. The second-order valence-corrected chi connectivity index (χ2v) is 5.09. The average molecular weight is 229 g/mol. The summed E-state index contributed by atoms with van der Waals surface area (Å²) in [6.07, 6.45) is 5.43. The number of nitrogens with zero attached hydrogens (tertiary/aromatic N) is 1. The van der Waals surface area contributed by atoms with Crippen LogP contribution in [-0.2, 0) is 10.8 Å². The van der Waals surface area contributed by atoms with Crippen LogP contribution in [0.2, 0.25) is 0 Å². The molecule has 5 nitrogen and oxygen atoms in total. The first-order chi connectivity index (χ1) is 7.11. The molecule has 0 radical (unpaired) electrons. The number of H-pyrrole nitrogens is 1. The third kappa shape index (κ3) is 3.83. The Morgan fingerprint density at radius 1 is 1.67 bits per heavy atom. The highest BCUT2D eigenvalue weighted by atomic mass is 32.2. The molecule has 0 aliphatic rings. The van der Waals surface area contributed by atoms with Gasteiger partial charge in [0, 0.05) is 41.2 Å². The van der Waals surface area contributed by atoms with Crippen molar-refractivity contribution >= 4 is 16.6 Å². The topological polar surface area (TPSA) is 74.8 Å². The van der Waals surface area contributed by atoms with Crippen LogP contribution in [0.4, 0.5) is 5.82 Å². The van der Waals surface area contributed by atoms with E-state index < -0.39 is 10.8 Å². The molecule has 0 amide bonds. The summed E-state index contributed by atoms with van der Waals surface area (Å²) in [7, 11) is -0.820. The van der Waals surface area contributed by atoms with Crippen molar-refractivity contribution < 1.29 is 4.21 Å². The summed E-state index contributed by atoms with van der Waals surface area (Å²) in [5.74, 6) is 0.312. The minimum atomic E-state index is -0.820. The van der Waals surface area contributed by atoms with Gasteiger partial charge in [-0.2, -0.15) is 0 Å². The summed E-state index contributed by atoms with van der Waals surface area (Å²) in [6, 6.07) is 0. The maximum atomic E-state index is 11.2. The highest BCUT2D eigenvalue weighted by Crippen LogP contribution is 1.99. The molecule has 1 rings (SSSR count). The van der Waals surface area contributed by atoms with E-state index in [0.29, 0.717) is 12.4 Å². The normalized spacial score (nSPS) is 14.5. The molecule has 0 bridgehead atoms. The van der Waals surface area contributed by atoms with Gasteiger partial charge in [0.15, 0.2) is 5.82 Å². The van der Waals surface area contributed by atoms with Crippen LogP contribution in [0.25, 0.3) is 0 Å². The SMILES string of the molecule is CC(CCNc1ncc[nH]c1=O)S(C)=O. The highest BCUT2D eigenvalue weighted by molar-refractivity contribution is 7.84. The summed E-state index contributed by atoms with van der Waals surface area (Å²) < 4.78 is 11.1. The Labute approximate surface area is 90.8 Å². The Hall–Kier alpha value is -1.17. The van der Waals surface area contributed by atoms with Crippen LogP contribution in [0, 0.1) is 0 Å². The van der Waals surface area contributed by atoms with Crippen LogP contribution in [0.5, 0.6) is 0 Å². The Morgan fingerprint density at radius 3 is 3.00 bits per heavy atom. The lowest BCUT2D eigenvalue weighted by Gasteiger charge is -2.08. The van der Waals surface area contributed by atoms with E-state index >= 15 is 0 Å². The molecule has 2 unspecified atom stereocenters. The summed E-state index contributed by atoms with van der Waals surface area (Å²) in [6.45, 7) is 2.52. The van der Waals surface area contributed by atoms with Crippen molar-refractivity contribution in [3.05, 3.63) is 22.7 Å². The van der Waals surface area contributed by atoms with Crippen LogP contribution >= 0.6 is 0 Å². The van der Waals surface area contributed by atoms with Gasteiger partial charge in [0.1, 0.15) is 0 Å². The Morgan fingerprint density at radius 2 is 2.40 bits per heavy atom. The second-order valence-electron chi connectivity index (χ2n) is 3.29. The first-order valence-corrected chi connectivity index (χ1v) is 6.33.